The third-order valence-electron chi connectivity index (χ3n) is 6.22. The third kappa shape index (κ3) is 1.81. The fraction of sp³-hybridized carbons (Fsp3) is 0.526. The van der Waals surface area contributed by atoms with E-state index in [-0.39, 0.29) is 0 Å². The van der Waals surface area contributed by atoms with E-state index >= 15 is 0 Å². The number of carbonyl (C=O) groups excluding carboxylic acids is 1. The molecule has 3 atom stereocenters. The van der Waals surface area contributed by atoms with Crippen LogP contribution in [-0.4, -0.2) is 28.8 Å². The number of benzene rings is 1. The number of nitrogens with zero attached hydrogens (tertiary/aromatic N) is 1. The molecule has 22 heavy (non-hydrogen) atoms. The number of carbonyl (C=O) groups is 1. The summed E-state index contributed by atoms with van der Waals surface area (Å²) in [5.74, 6) is 1.85. The lowest BCUT2D eigenvalue weighted by molar-refractivity contribution is -0.124. The van der Waals surface area contributed by atoms with Crippen LogP contribution in [0.4, 0.5) is 0 Å². The highest BCUT2D eigenvalue weighted by Gasteiger charge is 2.42. The van der Waals surface area contributed by atoms with Crippen molar-refractivity contribution in [3.8, 4) is 0 Å². The summed E-state index contributed by atoms with van der Waals surface area (Å²) in [7, 11) is 0. The van der Waals surface area contributed by atoms with Crippen molar-refractivity contribution in [1.82, 2.24) is 9.88 Å². The van der Waals surface area contributed by atoms with Crippen LogP contribution in [0.15, 0.2) is 24.3 Å². The summed E-state index contributed by atoms with van der Waals surface area (Å²) >= 11 is 0. The first-order valence-electron chi connectivity index (χ1n) is 8.65. The number of Topliss-reactive ketones (excluding diaryl/α,β-unsaturated/α-hetero) is 1. The van der Waals surface area contributed by atoms with Crippen LogP contribution in [0.25, 0.3) is 10.9 Å². The van der Waals surface area contributed by atoms with Gasteiger partial charge in [0.05, 0.1) is 6.04 Å². The van der Waals surface area contributed by atoms with Gasteiger partial charge in [0.1, 0.15) is 5.78 Å². The van der Waals surface area contributed by atoms with Crippen LogP contribution in [0.5, 0.6) is 0 Å². The smallest absolute Gasteiger partial charge is 0.133 e. The molecular formula is C19H22N2O. The maximum absolute atomic E-state index is 11.8. The van der Waals surface area contributed by atoms with Gasteiger partial charge in [0.15, 0.2) is 0 Å². The van der Waals surface area contributed by atoms with Crippen LogP contribution in [-0.2, 0) is 11.2 Å². The van der Waals surface area contributed by atoms with E-state index in [0.29, 0.717) is 17.7 Å². The molecule has 1 saturated heterocycles. The van der Waals surface area contributed by atoms with Crippen LogP contribution in [0, 0.1) is 11.8 Å². The molecule has 3 heterocycles. The van der Waals surface area contributed by atoms with Gasteiger partial charge in [0, 0.05) is 42.5 Å². The zero-order chi connectivity index (χ0) is 14.7. The molecule has 114 valence electrons. The summed E-state index contributed by atoms with van der Waals surface area (Å²) in [6.07, 6.45) is 5.08. The molecular weight excluding hydrogens is 272 g/mol. The molecule has 2 aromatic rings. The lowest BCUT2D eigenvalue weighted by Crippen LogP contribution is -2.47. The van der Waals surface area contributed by atoms with Crippen molar-refractivity contribution in [3.63, 3.8) is 0 Å². The standard InChI is InChI=1S/C19H22N2O/c22-14-6-5-12-11-21-8-7-16-15-3-1-2-4-17(15)20-19(16)18(21)10-13(12)9-14/h1-4,12-13,18,20H,5-11H2/t12-,13+,18-/m0/s1. The molecule has 3 aliphatic rings. The van der Waals surface area contributed by atoms with Crippen molar-refractivity contribution in [1.29, 1.82) is 0 Å². The first-order valence-corrected chi connectivity index (χ1v) is 8.65. The van der Waals surface area contributed by atoms with Crippen LogP contribution < -0.4 is 0 Å². The van der Waals surface area contributed by atoms with E-state index in [2.05, 4.69) is 34.1 Å². The minimum atomic E-state index is 0.488. The van der Waals surface area contributed by atoms with Crippen molar-refractivity contribution >= 4 is 16.7 Å². The second kappa shape index (κ2) is 4.69. The van der Waals surface area contributed by atoms with Gasteiger partial charge in [-0.25, -0.2) is 0 Å². The molecule has 0 bridgehead atoms. The van der Waals surface area contributed by atoms with Crippen molar-refractivity contribution in [2.24, 2.45) is 11.8 Å². The van der Waals surface area contributed by atoms with Gasteiger partial charge in [-0.05, 0) is 42.7 Å². The molecule has 3 heteroatoms. The Bertz CT molecular complexity index is 747. The second-order valence-electron chi connectivity index (χ2n) is 7.36. The molecule has 1 aromatic carbocycles. The Morgan fingerprint density at radius 2 is 2.05 bits per heavy atom. The molecule has 3 nitrogen and oxygen atoms in total. The monoisotopic (exact) mass is 294 g/mol. The van der Waals surface area contributed by atoms with E-state index in [1.165, 1.54) is 35.2 Å². The average molecular weight is 294 g/mol. The molecule has 0 amide bonds. The number of para-hydroxylation sites is 1. The minimum Gasteiger partial charge on any atom is -0.357 e. The number of hydrogen-bond acceptors (Lipinski definition) is 2. The Balaban J connectivity index is 1.54. The molecule has 2 aliphatic heterocycles. The quantitative estimate of drug-likeness (QED) is 0.808. The lowest BCUT2D eigenvalue weighted by Gasteiger charge is -2.47. The van der Waals surface area contributed by atoms with Gasteiger partial charge in [0.25, 0.3) is 0 Å². The molecule has 1 aliphatic carbocycles. The largest absolute Gasteiger partial charge is 0.357 e. The van der Waals surface area contributed by atoms with E-state index in [1.807, 2.05) is 0 Å². The second-order valence-corrected chi connectivity index (χ2v) is 7.36. The van der Waals surface area contributed by atoms with Crippen molar-refractivity contribution in [2.45, 2.75) is 38.1 Å². The number of nitrogens with one attached hydrogen (secondary N) is 1. The van der Waals surface area contributed by atoms with Gasteiger partial charge in [-0.1, -0.05) is 18.2 Å². The van der Waals surface area contributed by atoms with E-state index < -0.39 is 0 Å². The topological polar surface area (TPSA) is 36.1 Å². The first-order chi connectivity index (χ1) is 10.8. The lowest BCUT2D eigenvalue weighted by atomic mass is 9.71. The van der Waals surface area contributed by atoms with Gasteiger partial charge < -0.3 is 4.98 Å². The van der Waals surface area contributed by atoms with E-state index in [1.54, 1.807) is 0 Å². The number of rotatable bonds is 0. The zero-order valence-electron chi connectivity index (χ0n) is 12.8. The maximum atomic E-state index is 11.8. The minimum absolute atomic E-state index is 0.488. The summed E-state index contributed by atoms with van der Waals surface area (Å²) in [6, 6.07) is 9.19. The Labute approximate surface area is 130 Å². The number of ketones is 1. The fourth-order valence-corrected chi connectivity index (χ4v) is 5.10. The number of aromatic nitrogens is 1. The molecule has 0 unspecified atom stereocenters. The maximum Gasteiger partial charge on any atom is 0.133 e. The third-order valence-corrected chi connectivity index (χ3v) is 6.22. The normalized spacial score (nSPS) is 31.6. The van der Waals surface area contributed by atoms with Crippen molar-refractivity contribution in [2.75, 3.05) is 13.1 Å². The summed E-state index contributed by atoms with van der Waals surface area (Å²) in [5, 5.41) is 1.40. The van der Waals surface area contributed by atoms with E-state index in [0.717, 1.165) is 38.0 Å². The molecule has 0 radical (unpaired) electrons. The zero-order valence-corrected chi connectivity index (χ0v) is 12.8. The average Bonchev–Trinajstić information content (AvgIpc) is 2.92. The van der Waals surface area contributed by atoms with Gasteiger partial charge in [0.2, 0.25) is 0 Å². The number of aromatic amines is 1. The predicted octanol–water partition coefficient (Wildman–Crippen LogP) is 3.46. The highest BCUT2D eigenvalue weighted by atomic mass is 16.1. The Morgan fingerprint density at radius 1 is 1.14 bits per heavy atom. The highest BCUT2D eigenvalue weighted by Crippen LogP contribution is 2.46. The van der Waals surface area contributed by atoms with E-state index in [9.17, 15) is 4.79 Å². The van der Waals surface area contributed by atoms with E-state index in [4.69, 9.17) is 0 Å². The van der Waals surface area contributed by atoms with Gasteiger partial charge >= 0.3 is 0 Å². The van der Waals surface area contributed by atoms with Crippen LogP contribution >= 0.6 is 0 Å². The molecule has 1 aromatic heterocycles. The number of fused-ring (bicyclic) bond motifs is 6. The van der Waals surface area contributed by atoms with Gasteiger partial charge in [-0.15, -0.1) is 0 Å². The summed E-state index contributed by atoms with van der Waals surface area (Å²) in [5.41, 5.74) is 4.23. The molecule has 5 rings (SSSR count). The van der Waals surface area contributed by atoms with Crippen LogP contribution in [0.3, 0.4) is 0 Å². The Kier molecular flexibility index (Phi) is 2.75. The Hall–Kier alpha value is -1.61. The molecule has 1 N–H and O–H groups in total. The number of H-pyrrole nitrogens is 1. The van der Waals surface area contributed by atoms with Gasteiger partial charge in [-0.2, -0.15) is 0 Å². The predicted molar refractivity (Wildman–Crippen MR) is 86.8 cm³/mol. The fourth-order valence-electron chi connectivity index (χ4n) is 5.10. The number of piperidine rings is 1. The van der Waals surface area contributed by atoms with Crippen molar-refractivity contribution in [3.05, 3.63) is 35.5 Å². The highest BCUT2D eigenvalue weighted by molar-refractivity contribution is 5.85. The molecule has 0 spiro atoms. The van der Waals surface area contributed by atoms with Crippen molar-refractivity contribution < 1.29 is 4.79 Å². The molecule has 2 fully saturated rings. The summed E-state index contributed by atoms with van der Waals surface area (Å²) < 4.78 is 0. The molecule has 1 saturated carbocycles. The van der Waals surface area contributed by atoms with Crippen LogP contribution in [0.2, 0.25) is 0 Å². The van der Waals surface area contributed by atoms with Gasteiger partial charge in [-0.3, -0.25) is 9.69 Å². The number of hydrogen-bond donors (Lipinski definition) is 1. The SMILES string of the molecule is O=C1CC[C@H]2CN3CCc4c([nH]c5ccccc45)[C@@H]3C[C@H]2C1. The van der Waals surface area contributed by atoms with Crippen LogP contribution in [0.1, 0.15) is 43.0 Å². The Morgan fingerprint density at radius 3 is 3.00 bits per heavy atom. The summed E-state index contributed by atoms with van der Waals surface area (Å²) in [4.78, 5) is 18.2. The first kappa shape index (κ1) is 12.9. The summed E-state index contributed by atoms with van der Waals surface area (Å²) in [6.45, 7) is 2.37.